The fourth-order valence-electron chi connectivity index (χ4n) is 2.52. The van der Waals surface area contributed by atoms with E-state index in [-0.39, 0.29) is 0 Å². The van der Waals surface area contributed by atoms with Crippen LogP contribution < -0.4 is 10.6 Å². The molecule has 0 saturated heterocycles. The zero-order chi connectivity index (χ0) is 17.5. The maximum atomic E-state index is 4.27. The van der Waals surface area contributed by atoms with Crippen molar-refractivity contribution in [2.45, 2.75) is 20.0 Å². The van der Waals surface area contributed by atoms with Crippen LogP contribution in [0.15, 0.2) is 66.2 Å². The average Bonchev–Trinajstić information content (AvgIpc) is 3.17. The molecule has 0 radical (unpaired) electrons. The van der Waals surface area contributed by atoms with E-state index in [2.05, 4.69) is 69.0 Å². The molecular weight excluding hydrogens is 312 g/mol. The van der Waals surface area contributed by atoms with Crippen LogP contribution in [0.25, 0.3) is 5.69 Å². The molecule has 0 aliphatic heterocycles. The fraction of sp³-hybridized carbons (Fsp3) is 0.211. The molecule has 6 nitrogen and oxygen atoms in total. The highest BCUT2D eigenvalue weighted by Gasteiger charge is 2.01. The summed E-state index contributed by atoms with van der Waals surface area (Å²) in [5.74, 6) is 0.779. The maximum absolute atomic E-state index is 4.27. The van der Waals surface area contributed by atoms with Gasteiger partial charge in [-0.1, -0.05) is 42.0 Å². The van der Waals surface area contributed by atoms with Gasteiger partial charge in [0.05, 0.1) is 5.69 Å². The van der Waals surface area contributed by atoms with Gasteiger partial charge in [0, 0.05) is 20.1 Å². The lowest BCUT2D eigenvalue weighted by atomic mass is 10.1. The van der Waals surface area contributed by atoms with Crippen LogP contribution in [-0.2, 0) is 13.1 Å². The molecule has 1 aromatic heterocycles. The third kappa shape index (κ3) is 4.67. The van der Waals surface area contributed by atoms with E-state index in [1.165, 1.54) is 23.0 Å². The molecule has 25 heavy (non-hydrogen) atoms. The Hall–Kier alpha value is -3.15. The van der Waals surface area contributed by atoms with E-state index in [0.717, 1.165) is 18.2 Å². The molecule has 2 aromatic carbocycles. The van der Waals surface area contributed by atoms with Gasteiger partial charge in [-0.2, -0.15) is 5.10 Å². The second-order valence-electron chi connectivity index (χ2n) is 5.77. The highest BCUT2D eigenvalue weighted by molar-refractivity contribution is 5.79. The van der Waals surface area contributed by atoms with Crippen molar-refractivity contribution in [1.29, 1.82) is 0 Å². The van der Waals surface area contributed by atoms with Crippen molar-refractivity contribution >= 4 is 5.96 Å². The molecule has 0 aliphatic carbocycles. The lowest BCUT2D eigenvalue weighted by Crippen LogP contribution is -2.36. The minimum atomic E-state index is 0.700. The molecule has 0 aliphatic rings. The summed E-state index contributed by atoms with van der Waals surface area (Å²) in [7, 11) is 1.78. The van der Waals surface area contributed by atoms with Crippen LogP contribution in [0.2, 0.25) is 0 Å². The predicted octanol–water partition coefficient (Wildman–Crippen LogP) is 2.44. The molecule has 3 aromatic rings. The van der Waals surface area contributed by atoms with Crippen LogP contribution in [-0.4, -0.2) is 27.8 Å². The first kappa shape index (κ1) is 16.7. The number of hydrogen-bond donors (Lipinski definition) is 2. The third-order valence-electron chi connectivity index (χ3n) is 3.85. The maximum Gasteiger partial charge on any atom is 0.191 e. The van der Waals surface area contributed by atoms with Crippen LogP contribution in [0.1, 0.15) is 16.7 Å². The van der Waals surface area contributed by atoms with Gasteiger partial charge >= 0.3 is 0 Å². The summed E-state index contributed by atoms with van der Waals surface area (Å²) in [4.78, 5) is 8.23. The Bertz CT molecular complexity index is 821. The zero-order valence-corrected chi connectivity index (χ0v) is 14.5. The topological polar surface area (TPSA) is 67.1 Å². The fourth-order valence-corrected chi connectivity index (χ4v) is 2.52. The number of aryl methyl sites for hydroxylation is 1. The third-order valence-corrected chi connectivity index (χ3v) is 3.85. The number of nitrogens with one attached hydrogen (secondary N) is 2. The number of benzene rings is 2. The monoisotopic (exact) mass is 334 g/mol. The molecule has 3 rings (SSSR count). The Labute approximate surface area is 147 Å². The summed E-state index contributed by atoms with van der Waals surface area (Å²) in [6.07, 6.45) is 3.21. The number of hydrogen-bond acceptors (Lipinski definition) is 3. The van der Waals surface area contributed by atoms with E-state index in [4.69, 9.17) is 0 Å². The minimum Gasteiger partial charge on any atom is -0.352 e. The van der Waals surface area contributed by atoms with Gasteiger partial charge in [0.2, 0.25) is 0 Å². The first-order chi connectivity index (χ1) is 12.2. The van der Waals surface area contributed by atoms with Crippen molar-refractivity contribution in [2.24, 2.45) is 4.99 Å². The Morgan fingerprint density at radius 3 is 2.44 bits per heavy atom. The van der Waals surface area contributed by atoms with Crippen LogP contribution in [0.5, 0.6) is 0 Å². The minimum absolute atomic E-state index is 0.700. The summed E-state index contributed by atoms with van der Waals surface area (Å²) in [6, 6.07) is 16.6. The number of aliphatic imine (C=N–C) groups is 1. The molecule has 1 heterocycles. The normalized spacial score (nSPS) is 11.4. The number of guanidine groups is 1. The Morgan fingerprint density at radius 2 is 1.80 bits per heavy atom. The largest absolute Gasteiger partial charge is 0.352 e. The van der Waals surface area contributed by atoms with Gasteiger partial charge in [-0.25, -0.2) is 9.67 Å². The van der Waals surface area contributed by atoms with Crippen molar-refractivity contribution in [3.8, 4) is 5.69 Å². The van der Waals surface area contributed by atoms with Gasteiger partial charge in [0.1, 0.15) is 12.7 Å². The Morgan fingerprint density at radius 1 is 1.04 bits per heavy atom. The van der Waals surface area contributed by atoms with E-state index >= 15 is 0 Å². The number of aromatic nitrogens is 3. The van der Waals surface area contributed by atoms with Gasteiger partial charge in [-0.3, -0.25) is 4.99 Å². The average molecular weight is 334 g/mol. The molecule has 0 atom stereocenters. The van der Waals surface area contributed by atoms with E-state index in [9.17, 15) is 0 Å². The first-order valence-corrected chi connectivity index (χ1v) is 8.18. The zero-order valence-electron chi connectivity index (χ0n) is 14.5. The summed E-state index contributed by atoms with van der Waals surface area (Å²) in [6.45, 7) is 3.54. The van der Waals surface area contributed by atoms with E-state index in [0.29, 0.717) is 6.54 Å². The molecule has 0 spiro atoms. The number of nitrogens with zero attached hydrogens (tertiary/aromatic N) is 4. The van der Waals surface area contributed by atoms with Crippen molar-refractivity contribution in [2.75, 3.05) is 7.05 Å². The lowest BCUT2D eigenvalue weighted by molar-refractivity contribution is 0.807. The molecular formula is C19H22N6. The van der Waals surface area contributed by atoms with Crippen LogP contribution >= 0.6 is 0 Å². The highest BCUT2D eigenvalue weighted by Crippen LogP contribution is 2.08. The molecule has 0 saturated carbocycles. The van der Waals surface area contributed by atoms with Crippen LogP contribution in [0.3, 0.4) is 0 Å². The van der Waals surface area contributed by atoms with Gasteiger partial charge in [-0.05, 0) is 30.2 Å². The van der Waals surface area contributed by atoms with E-state index in [1.54, 1.807) is 18.1 Å². The van der Waals surface area contributed by atoms with Gasteiger partial charge < -0.3 is 10.6 Å². The molecule has 0 unspecified atom stereocenters. The summed E-state index contributed by atoms with van der Waals surface area (Å²) in [5.41, 5.74) is 4.65. The second kappa shape index (κ2) is 8.10. The summed E-state index contributed by atoms with van der Waals surface area (Å²) in [5, 5.41) is 10.8. The smallest absolute Gasteiger partial charge is 0.191 e. The summed E-state index contributed by atoms with van der Waals surface area (Å²) < 4.78 is 1.74. The highest BCUT2D eigenvalue weighted by atomic mass is 15.3. The van der Waals surface area contributed by atoms with Crippen molar-refractivity contribution in [3.63, 3.8) is 0 Å². The molecule has 2 N–H and O–H groups in total. The Kier molecular flexibility index (Phi) is 5.41. The molecule has 0 fully saturated rings. The summed E-state index contributed by atoms with van der Waals surface area (Å²) >= 11 is 0. The molecule has 128 valence electrons. The molecule has 6 heteroatoms. The van der Waals surface area contributed by atoms with E-state index in [1.807, 2.05) is 12.1 Å². The van der Waals surface area contributed by atoms with Gasteiger partial charge in [-0.15, -0.1) is 0 Å². The van der Waals surface area contributed by atoms with Gasteiger partial charge in [0.15, 0.2) is 5.96 Å². The van der Waals surface area contributed by atoms with Crippen molar-refractivity contribution in [1.82, 2.24) is 25.4 Å². The first-order valence-electron chi connectivity index (χ1n) is 8.18. The number of rotatable bonds is 5. The predicted molar refractivity (Wildman–Crippen MR) is 99.6 cm³/mol. The van der Waals surface area contributed by atoms with Crippen molar-refractivity contribution < 1.29 is 0 Å². The lowest BCUT2D eigenvalue weighted by Gasteiger charge is -2.12. The SMILES string of the molecule is CN=C(NCc1ccc(-n2cncn2)cc1)NCc1cccc(C)c1. The molecule has 0 bridgehead atoms. The second-order valence-corrected chi connectivity index (χ2v) is 5.77. The quantitative estimate of drug-likeness (QED) is 0.555. The van der Waals surface area contributed by atoms with Gasteiger partial charge in [0.25, 0.3) is 0 Å². The van der Waals surface area contributed by atoms with Crippen LogP contribution in [0, 0.1) is 6.92 Å². The molecule has 0 amide bonds. The van der Waals surface area contributed by atoms with E-state index < -0.39 is 0 Å². The van der Waals surface area contributed by atoms with Crippen LogP contribution in [0.4, 0.5) is 0 Å². The Balaban J connectivity index is 1.52. The van der Waals surface area contributed by atoms with Crippen molar-refractivity contribution in [3.05, 3.63) is 77.9 Å². The standard InChI is InChI=1S/C19H22N6/c1-15-4-3-5-17(10-15)12-23-19(20-2)22-11-16-6-8-18(9-7-16)25-14-21-13-24-25/h3-10,13-14H,11-12H2,1-2H3,(H2,20,22,23).